The number of anilines is 4. The van der Waals surface area contributed by atoms with Crippen molar-refractivity contribution in [1.82, 2.24) is 19.8 Å². The second-order valence-electron chi connectivity index (χ2n) is 24.2. The molecule has 6 N–H and O–H groups in total. The minimum absolute atomic E-state index is 0.393. The standard InChI is InChI=1S/C84H71N11/c1-56-45-46-57(2)76(93(65-38-20-9-21-39-65)77-58(3)47-48-70-69-42-23-25-44-75(69)95(79(70)77)84(86)91-83(62-33-16-7-17-34-62)87-53-60-29-12-5-13-30-60)55-92(64-36-18-8-19-37-64)78-67(56)49-50-71-68-41-22-24-43-74(68)94(80(71)78)66-40-26-35-63(52-66)81(85)89-73-54-88-82(61-31-14-6-15-32-61)90-72(73)51-59-27-10-4-11-28-59/h4-50,52,84H,1,51,53-55,86H2,2-3H3,(H2,85,89)(H,87,91)(H,88,90)/b46-45-,76-57+. The fourth-order valence-corrected chi connectivity index (χ4v) is 13.5. The first-order valence-electron chi connectivity index (χ1n) is 32.3. The molecule has 0 aliphatic carbocycles. The zero-order valence-corrected chi connectivity index (χ0v) is 53.1. The number of hydrogen-bond acceptors (Lipinski definition) is 7. The maximum Gasteiger partial charge on any atom is 0.158 e. The lowest BCUT2D eigenvalue weighted by molar-refractivity contribution is 0.517. The molecule has 0 bridgehead atoms. The van der Waals surface area contributed by atoms with Crippen LogP contribution < -0.4 is 31.9 Å². The molecule has 0 radical (unpaired) electrons. The molecule has 462 valence electrons. The number of allylic oxidation sites excluding steroid dienone is 5. The van der Waals surface area contributed by atoms with Gasteiger partial charge in [-0.1, -0.05) is 249 Å². The van der Waals surface area contributed by atoms with Crippen molar-refractivity contribution < 1.29 is 0 Å². The molecule has 0 saturated carbocycles. The Morgan fingerprint density at radius 3 is 1.92 bits per heavy atom. The van der Waals surface area contributed by atoms with Crippen LogP contribution in [0.1, 0.15) is 52.2 Å². The largest absolute Gasteiger partial charge is 0.383 e. The van der Waals surface area contributed by atoms with Gasteiger partial charge >= 0.3 is 0 Å². The predicted octanol–water partition coefficient (Wildman–Crippen LogP) is 17.9. The van der Waals surface area contributed by atoms with Gasteiger partial charge in [0.1, 0.15) is 17.5 Å². The predicted molar refractivity (Wildman–Crippen MR) is 396 cm³/mol. The van der Waals surface area contributed by atoms with Crippen LogP contribution in [-0.2, 0) is 13.0 Å². The zero-order chi connectivity index (χ0) is 64.4. The summed E-state index contributed by atoms with van der Waals surface area (Å²) in [5.41, 5.74) is 35.6. The lowest BCUT2D eigenvalue weighted by atomic mass is 10.00. The molecule has 0 saturated heterocycles. The molecular weight excluding hydrogens is 1160 g/mol. The monoisotopic (exact) mass is 1230 g/mol. The van der Waals surface area contributed by atoms with Gasteiger partial charge in [0.15, 0.2) is 6.29 Å². The number of aryl methyl sites for hydroxylation is 1. The Labute approximate surface area is 553 Å². The normalized spacial score (nSPS) is 15.3. The van der Waals surface area contributed by atoms with Crippen LogP contribution in [0, 0.1) is 6.92 Å². The number of hydrogen-bond donors (Lipinski definition) is 4. The number of amidine groups is 3. The highest BCUT2D eigenvalue weighted by molar-refractivity contribution is 6.17. The highest BCUT2D eigenvalue weighted by Crippen LogP contribution is 2.48. The molecule has 1 unspecified atom stereocenters. The number of aromatic nitrogens is 2. The van der Waals surface area contributed by atoms with Gasteiger partial charge in [-0.3, -0.25) is 10.7 Å². The van der Waals surface area contributed by atoms with Gasteiger partial charge in [-0.25, -0.2) is 9.98 Å². The van der Waals surface area contributed by atoms with E-state index in [9.17, 15) is 0 Å². The summed E-state index contributed by atoms with van der Waals surface area (Å²) < 4.78 is 4.67. The molecule has 15 rings (SSSR count). The summed E-state index contributed by atoms with van der Waals surface area (Å²) in [5.74, 6) is 1.90. The number of nitrogens with two attached hydrogens (primary N) is 2. The average Bonchev–Trinajstić information content (AvgIpc) is 1.59. The Balaban J connectivity index is 0.909. The fourth-order valence-electron chi connectivity index (χ4n) is 13.5. The molecule has 0 spiro atoms. The second-order valence-corrected chi connectivity index (χ2v) is 24.2. The summed E-state index contributed by atoms with van der Waals surface area (Å²) in [7, 11) is 0. The highest BCUT2D eigenvalue weighted by atomic mass is 15.3. The van der Waals surface area contributed by atoms with Gasteiger partial charge < -0.3 is 35.3 Å². The molecule has 11 nitrogen and oxygen atoms in total. The number of fused-ring (bicyclic) bond motifs is 8. The topological polar surface area (TPSA) is 130 Å². The average molecular weight is 1230 g/mol. The van der Waals surface area contributed by atoms with E-state index in [1.165, 1.54) is 0 Å². The minimum atomic E-state index is -0.770. The quantitative estimate of drug-likeness (QED) is 0.0460. The van der Waals surface area contributed by atoms with Crippen LogP contribution in [0.2, 0.25) is 0 Å². The number of para-hydroxylation sites is 4. The third kappa shape index (κ3) is 11.6. The van der Waals surface area contributed by atoms with E-state index in [0.29, 0.717) is 37.7 Å². The summed E-state index contributed by atoms with van der Waals surface area (Å²) in [6, 6.07) is 97.5. The smallest absolute Gasteiger partial charge is 0.158 e. The van der Waals surface area contributed by atoms with Crippen molar-refractivity contribution in [2.45, 2.75) is 33.1 Å². The molecule has 2 aromatic heterocycles. The summed E-state index contributed by atoms with van der Waals surface area (Å²) in [6.07, 6.45) is 4.25. The van der Waals surface area contributed by atoms with Gasteiger partial charge in [-0.15, -0.1) is 0 Å². The van der Waals surface area contributed by atoms with Gasteiger partial charge in [0, 0.05) is 73.0 Å². The van der Waals surface area contributed by atoms with Crippen LogP contribution in [0.15, 0.2) is 335 Å². The van der Waals surface area contributed by atoms with Gasteiger partial charge in [0.25, 0.3) is 0 Å². The summed E-state index contributed by atoms with van der Waals surface area (Å²) in [4.78, 5) is 20.7. The van der Waals surface area contributed by atoms with E-state index >= 15 is 0 Å². The van der Waals surface area contributed by atoms with E-state index in [4.69, 9.17) is 33.0 Å². The molecular formula is C84H71N11. The van der Waals surface area contributed by atoms with Crippen LogP contribution >= 0.6 is 0 Å². The lowest BCUT2D eigenvalue weighted by Crippen LogP contribution is -2.39. The first-order valence-corrected chi connectivity index (χ1v) is 32.3. The Morgan fingerprint density at radius 2 is 1.19 bits per heavy atom. The molecule has 11 heteroatoms. The first-order chi connectivity index (χ1) is 46.7. The first kappa shape index (κ1) is 59.3. The van der Waals surface area contributed by atoms with E-state index in [-0.39, 0.29) is 0 Å². The number of nitrogens with one attached hydrogen (secondary N) is 2. The van der Waals surface area contributed by atoms with Crippen LogP contribution in [0.4, 0.5) is 22.7 Å². The number of benzene rings is 11. The maximum atomic E-state index is 7.73. The minimum Gasteiger partial charge on any atom is -0.383 e. The van der Waals surface area contributed by atoms with Crippen molar-refractivity contribution >= 4 is 89.4 Å². The highest BCUT2D eigenvalue weighted by Gasteiger charge is 2.32. The van der Waals surface area contributed by atoms with Gasteiger partial charge in [-0.05, 0) is 90.2 Å². The number of rotatable bonds is 15. The molecule has 95 heavy (non-hydrogen) atoms. The van der Waals surface area contributed by atoms with Crippen LogP contribution in [-0.4, -0.2) is 39.7 Å². The van der Waals surface area contributed by atoms with E-state index < -0.39 is 6.29 Å². The lowest BCUT2D eigenvalue weighted by Gasteiger charge is -2.36. The molecule has 2 aliphatic rings. The molecule has 13 aromatic rings. The number of nitrogens with zero attached hydrogens (tertiary/aromatic N) is 7. The summed E-state index contributed by atoms with van der Waals surface area (Å²) >= 11 is 0. The Kier molecular flexibility index (Phi) is 16.2. The van der Waals surface area contributed by atoms with Crippen molar-refractivity contribution in [3.05, 3.63) is 359 Å². The van der Waals surface area contributed by atoms with Gasteiger partial charge in [-0.2, -0.15) is 0 Å². The van der Waals surface area contributed by atoms with Gasteiger partial charge in [0.05, 0.1) is 64.5 Å². The van der Waals surface area contributed by atoms with E-state index in [1.54, 1.807) is 0 Å². The third-order valence-corrected chi connectivity index (χ3v) is 18.1. The third-order valence-electron chi connectivity index (χ3n) is 18.1. The Hall–Kier alpha value is -12.1. The van der Waals surface area contributed by atoms with Crippen LogP contribution in [0.3, 0.4) is 0 Å². The molecule has 1 atom stereocenters. The molecule has 2 aliphatic heterocycles. The van der Waals surface area contributed by atoms with Crippen molar-refractivity contribution in [2.75, 3.05) is 22.9 Å². The van der Waals surface area contributed by atoms with Crippen LogP contribution in [0.5, 0.6) is 0 Å². The van der Waals surface area contributed by atoms with E-state index in [1.807, 2.05) is 66.7 Å². The SMILES string of the molecule is C=C1/C=C\C(C)=C(\N(c2ccccc2)c2c(C)ccc3c4ccccc4n(C(N)N/C(=N\Cc4ccccc4)c4ccccc4)c23)CN(c2ccccc2)c2c1ccc1c3ccccc3n(-c3cccc(/C(N)=N/C4=C(Cc5ccccc5)N=C(c5ccccc5)NC4)c3)c21. The molecule has 0 fully saturated rings. The van der Waals surface area contributed by atoms with E-state index in [2.05, 4.69) is 268 Å². The van der Waals surface area contributed by atoms with Crippen molar-refractivity contribution in [3.8, 4) is 5.69 Å². The Bertz CT molecular complexity index is 5240. The molecule has 0 amide bonds. The second kappa shape index (κ2) is 25.9. The zero-order valence-electron chi connectivity index (χ0n) is 53.1. The van der Waals surface area contributed by atoms with Crippen molar-refractivity contribution in [2.24, 2.45) is 26.4 Å². The maximum absolute atomic E-state index is 7.73. The van der Waals surface area contributed by atoms with Gasteiger partial charge in [0.2, 0.25) is 0 Å². The number of aliphatic imine (C=N–C) groups is 3. The molecule has 4 heterocycles. The van der Waals surface area contributed by atoms with Crippen molar-refractivity contribution in [3.63, 3.8) is 0 Å². The fraction of sp³-hybridized carbons (Fsp3) is 0.0833. The van der Waals surface area contributed by atoms with Crippen molar-refractivity contribution in [1.29, 1.82) is 0 Å². The Morgan fingerprint density at radius 1 is 0.600 bits per heavy atom. The van der Waals surface area contributed by atoms with Crippen LogP contribution in [0.25, 0.3) is 54.9 Å². The summed E-state index contributed by atoms with van der Waals surface area (Å²) in [5, 5.41) is 11.7. The van der Waals surface area contributed by atoms with E-state index in [0.717, 1.165) is 145 Å². The summed E-state index contributed by atoms with van der Waals surface area (Å²) in [6.45, 7) is 10.7. The molecule has 11 aromatic carbocycles.